The highest BCUT2D eigenvalue weighted by Crippen LogP contribution is 2.51. The van der Waals surface area contributed by atoms with Gasteiger partial charge in [0.05, 0.1) is 0 Å². The van der Waals surface area contributed by atoms with Gasteiger partial charge in [-0.2, -0.15) is 0 Å². The maximum Gasteiger partial charge on any atom is 0.0481 e. The van der Waals surface area contributed by atoms with Crippen molar-refractivity contribution < 1.29 is 0 Å². The van der Waals surface area contributed by atoms with Crippen molar-refractivity contribution in [3.05, 3.63) is 139 Å². The molecular weight excluding hydrogens is 1230 g/mol. The Labute approximate surface area is 557 Å². The molecule has 0 amide bonds. The third-order valence-electron chi connectivity index (χ3n) is 17.4. The smallest absolute Gasteiger partial charge is 0.0481 e. The molecule has 11 rings (SSSR count). The lowest BCUT2D eigenvalue weighted by molar-refractivity contribution is 0.608. The minimum Gasteiger partial charge on any atom is -0.139 e. The van der Waals surface area contributed by atoms with Gasteiger partial charge in [-0.15, -0.1) is 113 Å². The Balaban J connectivity index is 0.922. The van der Waals surface area contributed by atoms with Crippen LogP contribution in [0.15, 0.2) is 97.1 Å². The van der Waals surface area contributed by atoms with Gasteiger partial charge in [-0.05, 0) is 196 Å². The zero-order valence-electron chi connectivity index (χ0n) is 51.9. The molecule has 0 fully saturated rings. The van der Waals surface area contributed by atoms with Crippen molar-refractivity contribution in [1.82, 2.24) is 0 Å². The van der Waals surface area contributed by atoms with E-state index in [9.17, 15) is 0 Å². The van der Waals surface area contributed by atoms with Gasteiger partial charge in [-0.1, -0.05) is 156 Å². The molecule has 10 aromatic heterocycles. The molecule has 10 aromatic rings. The third-order valence-corrected chi connectivity index (χ3v) is 30.4. The average Bonchev–Trinajstić information content (AvgIpc) is 2.60. The predicted octanol–water partition coefficient (Wildman–Crippen LogP) is 29.1. The van der Waals surface area contributed by atoms with Gasteiger partial charge < -0.3 is 0 Å². The topological polar surface area (TPSA) is 0 Å². The Bertz CT molecular complexity index is 3140. The number of hydrogen-bond donors (Lipinski definition) is 0. The normalized spacial score (nSPS) is 12.6. The molecule has 0 radical (unpaired) electrons. The van der Waals surface area contributed by atoms with Crippen LogP contribution < -0.4 is 0 Å². The van der Waals surface area contributed by atoms with Crippen molar-refractivity contribution in [3.63, 3.8) is 0 Å². The molecule has 86 heavy (non-hydrogen) atoms. The first kappa shape index (κ1) is 64.5. The van der Waals surface area contributed by atoms with E-state index in [-0.39, 0.29) is 0 Å². The summed E-state index contributed by atoms with van der Waals surface area (Å²) in [5.41, 5.74) is 6.25. The zero-order chi connectivity index (χ0) is 58.9. The highest BCUT2D eigenvalue weighted by molar-refractivity contribution is 7.31. The Kier molecular flexibility index (Phi) is 25.0. The highest BCUT2D eigenvalue weighted by Gasteiger charge is 2.23. The fraction of sp³-hybridized carbons (Fsp3) is 0.474. The van der Waals surface area contributed by atoms with Gasteiger partial charge in [0, 0.05) is 97.5 Å². The van der Waals surface area contributed by atoms with Crippen molar-refractivity contribution in [3.8, 4) is 78.0 Å². The van der Waals surface area contributed by atoms with E-state index in [2.05, 4.69) is 215 Å². The average molecular weight is 1330 g/mol. The number of rotatable bonds is 28. The first-order valence-electron chi connectivity index (χ1n) is 33.5. The fourth-order valence-electron chi connectivity index (χ4n) is 12.4. The number of aryl methyl sites for hydroxylation is 8. The van der Waals surface area contributed by atoms with E-state index >= 15 is 0 Å². The second-order valence-electron chi connectivity index (χ2n) is 24.3. The van der Waals surface area contributed by atoms with Gasteiger partial charge >= 0.3 is 0 Å². The van der Waals surface area contributed by atoms with Crippen LogP contribution in [-0.4, -0.2) is 0 Å². The molecule has 0 aromatic carbocycles. The second kappa shape index (κ2) is 33.4. The molecule has 0 aliphatic carbocycles. The fourth-order valence-corrected chi connectivity index (χ4v) is 24.2. The van der Waals surface area contributed by atoms with Crippen LogP contribution in [0, 0.1) is 0 Å². The number of thiophene rings is 10. The lowest BCUT2D eigenvalue weighted by atomic mass is 10.0. The minimum atomic E-state index is 1.09. The van der Waals surface area contributed by atoms with Gasteiger partial charge in [0.15, 0.2) is 0 Å². The van der Waals surface area contributed by atoms with E-state index in [1.54, 1.807) is 22.3 Å². The molecule has 0 atom stereocenters. The SMILES string of the molecule is CCCCCCCCc1cc2sc1-c1ccc(s1)CCc1ccc(s1)-c1sc(cc1CCCCCCCC)-c1ccc(s1)-c1cc(CCCCCCCC)c(s1)-c1ccc(s1)CCc1ccc(s1)-c1sc(cc1CCCCCCCC)-c1ccc-2s1. The van der Waals surface area contributed by atoms with E-state index in [1.807, 2.05) is 22.7 Å². The second-order valence-corrected chi connectivity index (χ2v) is 35.4. The lowest BCUT2D eigenvalue weighted by Gasteiger charge is -2.03. The van der Waals surface area contributed by atoms with Crippen molar-refractivity contribution in [2.45, 2.75) is 233 Å². The largest absolute Gasteiger partial charge is 0.139 e. The Morgan fingerprint density at radius 3 is 0.651 bits per heavy atom. The monoisotopic (exact) mass is 1320 g/mol. The number of hydrogen-bond acceptors (Lipinski definition) is 10. The third kappa shape index (κ3) is 17.3. The summed E-state index contributed by atoms with van der Waals surface area (Å²) in [6, 6.07) is 39.8. The zero-order valence-corrected chi connectivity index (χ0v) is 60.1. The van der Waals surface area contributed by atoms with Crippen LogP contribution in [0.3, 0.4) is 0 Å². The molecule has 1 aliphatic rings. The summed E-state index contributed by atoms with van der Waals surface area (Å²) in [6.07, 6.45) is 41.0. The van der Waals surface area contributed by atoms with E-state index in [4.69, 9.17) is 0 Å². The van der Waals surface area contributed by atoms with Gasteiger partial charge in [-0.3, -0.25) is 0 Å². The molecule has 0 saturated heterocycles. The van der Waals surface area contributed by atoms with Crippen LogP contribution in [0.5, 0.6) is 0 Å². The Morgan fingerprint density at radius 1 is 0.209 bits per heavy atom. The molecule has 20 bridgehead atoms. The van der Waals surface area contributed by atoms with Crippen LogP contribution in [0.25, 0.3) is 78.0 Å². The summed E-state index contributed by atoms with van der Waals surface area (Å²) in [7, 11) is 0. The molecule has 10 heteroatoms. The van der Waals surface area contributed by atoms with E-state index in [0.29, 0.717) is 0 Å². The van der Waals surface area contributed by atoms with Crippen LogP contribution in [-0.2, 0) is 51.4 Å². The summed E-state index contributed by atoms with van der Waals surface area (Å²) in [4.78, 5) is 29.4. The molecule has 1 aliphatic heterocycles. The maximum absolute atomic E-state index is 2.59. The van der Waals surface area contributed by atoms with Crippen LogP contribution >= 0.6 is 113 Å². The molecule has 0 spiro atoms. The van der Waals surface area contributed by atoms with Crippen LogP contribution in [0.4, 0.5) is 0 Å². The van der Waals surface area contributed by atoms with Gasteiger partial charge in [0.2, 0.25) is 0 Å². The van der Waals surface area contributed by atoms with Crippen LogP contribution in [0.1, 0.15) is 224 Å². The number of unbranched alkanes of at least 4 members (excludes halogenated alkanes) is 20. The van der Waals surface area contributed by atoms with E-state index in [0.717, 1.165) is 25.7 Å². The molecule has 0 nitrogen and oxygen atoms in total. The van der Waals surface area contributed by atoms with Gasteiger partial charge in [-0.25, -0.2) is 0 Å². The van der Waals surface area contributed by atoms with Crippen molar-refractivity contribution >= 4 is 113 Å². The molecular formula is C76H92S10. The summed E-state index contributed by atoms with van der Waals surface area (Å²) in [5, 5.41) is 0. The molecule has 0 unspecified atom stereocenters. The standard InChI is InChI=1S/C76H92S10/c1-5-9-13-17-21-25-29-53-49-69-61-45-46-62(81-61)70-50-54(30-26-22-18-14-10-6-2)74(84-70)66-43-39-59(79-66)35-36-60-40-44-68(80-60)76-56(32-28-24-20-16-12-8-4)52-72(86-76)64-48-47-63(82-64)71-51-55(31-27-23-19-15-11-7-3)75(85-71)67-42-38-58(78-67)34-33-57-37-41-65(77-57)73(53)83-69/h37-52H,5-36H2,1-4H3. The molecule has 0 N–H and O–H groups in total. The predicted molar refractivity (Wildman–Crippen MR) is 398 cm³/mol. The van der Waals surface area contributed by atoms with E-state index < -0.39 is 0 Å². The van der Waals surface area contributed by atoms with Gasteiger partial charge in [0.25, 0.3) is 0 Å². The Hall–Kier alpha value is -3.00. The van der Waals surface area contributed by atoms with Gasteiger partial charge in [0.1, 0.15) is 0 Å². The quantitative estimate of drug-likeness (QED) is 0.0429. The van der Waals surface area contributed by atoms with E-state index in [1.165, 1.54) is 277 Å². The molecule has 0 saturated carbocycles. The van der Waals surface area contributed by atoms with Crippen LogP contribution in [0.2, 0.25) is 0 Å². The van der Waals surface area contributed by atoms with Crippen molar-refractivity contribution in [2.24, 2.45) is 0 Å². The Morgan fingerprint density at radius 2 is 0.419 bits per heavy atom. The maximum atomic E-state index is 2.59. The first-order valence-corrected chi connectivity index (χ1v) is 41.7. The summed E-state index contributed by atoms with van der Waals surface area (Å²) >= 11 is 20.5. The molecule has 11 heterocycles. The first-order chi connectivity index (χ1) is 42.4. The minimum absolute atomic E-state index is 1.09. The summed E-state index contributed by atoms with van der Waals surface area (Å²) in [6.45, 7) is 9.31. The lowest BCUT2D eigenvalue weighted by Crippen LogP contribution is -1.86. The van der Waals surface area contributed by atoms with Crippen molar-refractivity contribution in [1.29, 1.82) is 0 Å². The number of fused-ring (bicyclic) bond motifs is 28. The summed E-state index contributed by atoms with van der Waals surface area (Å²) < 4.78 is 0. The van der Waals surface area contributed by atoms with Crippen molar-refractivity contribution in [2.75, 3.05) is 0 Å². The molecule has 456 valence electrons. The summed E-state index contributed by atoms with van der Waals surface area (Å²) in [5.74, 6) is 0. The highest BCUT2D eigenvalue weighted by atomic mass is 32.1.